The highest BCUT2D eigenvalue weighted by Gasteiger charge is 1.91. The normalized spacial score (nSPS) is 10.2. The molecule has 0 fully saturated rings. The molecule has 0 aliphatic rings. The summed E-state index contributed by atoms with van der Waals surface area (Å²) in [6.45, 7) is 0. The molecule has 0 aliphatic carbocycles. The van der Waals surface area contributed by atoms with Crippen LogP contribution in [0.4, 0.5) is 0 Å². The Hall–Kier alpha value is -2.25. The zero-order valence-corrected chi connectivity index (χ0v) is 11.1. The van der Waals surface area contributed by atoms with Crippen LogP contribution >= 0.6 is 0 Å². The number of hydrogen-bond acceptors (Lipinski definition) is 1. The number of carbonyl (C=O) groups excluding carboxylic acids is 1. The number of allylic oxidation sites excluding steroid dienone is 1. The molecule has 0 radical (unpaired) electrons. The molecule has 0 unspecified atom stereocenters. The van der Waals surface area contributed by atoms with Crippen molar-refractivity contribution in [1.29, 1.82) is 0 Å². The summed E-state index contributed by atoms with van der Waals surface area (Å²) in [5.41, 5.74) is 1.52. The Morgan fingerprint density at radius 1 is 1.11 bits per heavy atom. The molecule has 0 saturated carbocycles. The molecule has 0 aliphatic heterocycles. The highest BCUT2D eigenvalue weighted by atomic mass is 16.1. The third kappa shape index (κ3) is 6.92. The molecule has 0 bridgehead atoms. The van der Waals surface area contributed by atoms with E-state index in [9.17, 15) is 4.79 Å². The van der Waals surface area contributed by atoms with E-state index in [0.717, 1.165) is 44.0 Å². The lowest BCUT2D eigenvalue weighted by molar-refractivity contribution is -0.104. The van der Waals surface area contributed by atoms with Crippen molar-refractivity contribution in [3.05, 3.63) is 41.5 Å². The summed E-state index contributed by atoms with van der Waals surface area (Å²) in [6.07, 6.45) is 12.6. The molecule has 96 valence electrons. The van der Waals surface area contributed by atoms with Crippen molar-refractivity contribution >= 4 is 12.4 Å². The second-order valence-electron chi connectivity index (χ2n) is 4.19. The molecule has 0 atom stereocenters. The van der Waals surface area contributed by atoms with Gasteiger partial charge in [0, 0.05) is 12.8 Å². The first-order chi connectivity index (χ1) is 9.36. The fourth-order valence-corrected chi connectivity index (χ4v) is 1.61. The molecular weight excluding hydrogens is 232 g/mol. The van der Waals surface area contributed by atoms with Crippen LogP contribution < -0.4 is 0 Å². The van der Waals surface area contributed by atoms with E-state index in [0.29, 0.717) is 5.57 Å². The fourth-order valence-electron chi connectivity index (χ4n) is 1.61. The second-order valence-corrected chi connectivity index (χ2v) is 4.19. The summed E-state index contributed by atoms with van der Waals surface area (Å²) in [6, 6.07) is 9.72. The number of hydrogen-bond donors (Lipinski definition) is 0. The number of unbranched alkanes of at least 4 members (excludes halogenated alkanes) is 4. The summed E-state index contributed by atoms with van der Waals surface area (Å²) in [5, 5.41) is 0. The molecular formula is C18H18O. The monoisotopic (exact) mass is 250 g/mol. The fraction of sp³-hybridized carbons (Fsp3) is 0.278. The van der Waals surface area contributed by atoms with Gasteiger partial charge in [-0.1, -0.05) is 48.6 Å². The van der Waals surface area contributed by atoms with Crippen LogP contribution in [0.5, 0.6) is 0 Å². The predicted octanol–water partition coefficient (Wildman–Crippen LogP) is 3.86. The first-order valence-corrected chi connectivity index (χ1v) is 6.51. The number of carbonyl (C=O) groups is 1. The van der Waals surface area contributed by atoms with Crippen molar-refractivity contribution in [2.24, 2.45) is 0 Å². The van der Waals surface area contributed by atoms with Gasteiger partial charge in [0.25, 0.3) is 0 Å². The van der Waals surface area contributed by atoms with Crippen molar-refractivity contribution in [3.8, 4) is 24.2 Å². The molecule has 1 nitrogen and oxygen atoms in total. The lowest BCUT2D eigenvalue weighted by atomic mass is 10.1. The number of benzene rings is 1. The van der Waals surface area contributed by atoms with Gasteiger partial charge in [-0.15, -0.1) is 12.3 Å². The van der Waals surface area contributed by atoms with Gasteiger partial charge >= 0.3 is 0 Å². The maximum absolute atomic E-state index is 10.9. The van der Waals surface area contributed by atoms with Crippen molar-refractivity contribution < 1.29 is 4.79 Å². The highest BCUT2D eigenvalue weighted by Crippen LogP contribution is 2.05. The zero-order chi connectivity index (χ0) is 13.8. The van der Waals surface area contributed by atoms with Crippen LogP contribution in [0.15, 0.2) is 35.9 Å². The van der Waals surface area contributed by atoms with E-state index in [2.05, 4.69) is 17.8 Å². The standard InChI is InChI=1S/C18H18O/c1-2-3-4-5-6-7-9-14-18(16-19)15-17-12-10-8-11-13-17/h1,8,10-13,15-16H,3-7H2/b18-15+. The quantitative estimate of drug-likeness (QED) is 0.324. The van der Waals surface area contributed by atoms with Gasteiger partial charge in [0.2, 0.25) is 0 Å². The minimum absolute atomic E-state index is 0.523. The zero-order valence-electron chi connectivity index (χ0n) is 11.1. The Kier molecular flexibility index (Phi) is 7.60. The Bertz CT molecular complexity index is 506. The third-order valence-electron chi connectivity index (χ3n) is 2.60. The largest absolute Gasteiger partial charge is 0.297 e. The van der Waals surface area contributed by atoms with Crippen LogP contribution in [-0.4, -0.2) is 6.29 Å². The Labute approximate surface area is 115 Å². The van der Waals surface area contributed by atoms with Crippen molar-refractivity contribution in [1.82, 2.24) is 0 Å². The lowest BCUT2D eigenvalue weighted by Gasteiger charge is -1.93. The number of aldehydes is 1. The molecule has 19 heavy (non-hydrogen) atoms. The van der Waals surface area contributed by atoms with E-state index in [1.54, 1.807) is 6.08 Å². The van der Waals surface area contributed by atoms with Gasteiger partial charge in [-0.05, 0) is 24.5 Å². The second kappa shape index (κ2) is 9.75. The van der Waals surface area contributed by atoms with Crippen molar-refractivity contribution in [3.63, 3.8) is 0 Å². The average Bonchev–Trinajstić information content (AvgIpc) is 2.46. The molecule has 1 aromatic carbocycles. The van der Waals surface area contributed by atoms with Crippen LogP contribution in [0.25, 0.3) is 6.08 Å². The van der Waals surface area contributed by atoms with Gasteiger partial charge in [0.15, 0.2) is 6.29 Å². The average molecular weight is 250 g/mol. The maximum atomic E-state index is 10.9. The Balaban J connectivity index is 2.43. The van der Waals surface area contributed by atoms with E-state index >= 15 is 0 Å². The Morgan fingerprint density at radius 3 is 2.53 bits per heavy atom. The van der Waals surface area contributed by atoms with Gasteiger partial charge in [-0.25, -0.2) is 0 Å². The summed E-state index contributed by atoms with van der Waals surface area (Å²) in [7, 11) is 0. The molecule has 0 heterocycles. The summed E-state index contributed by atoms with van der Waals surface area (Å²) >= 11 is 0. The summed E-state index contributed by atoms with van der Waals surface area (Å²) in [5.74, 6) is 8.57. The van der Waals surface area contributed by atoms with Gasteiger partial charge in [-0.2, -0.15) is 0 Å². The van der Waals surface area contributed by atoms with E-state index in [-0.39, 0.29) is 0 Å². The number of rotatable bonds is 6. The summed E-state index contributed by atoms with van der Waals surface area (Å²) < 4.78 is 0. The minimum atomic E-state index is 0.523. The summed E-state index contributed by atoms with van der Waals surface area (Å²) in [4.78, 5) is 10.9. The van der Waals surface area contributed by atoms with Gasteiger partial charge in [-0.3, -0.25) is 4.79 Å². The van der Waals surface area contributed by atoms with E-state index in [4.69, 9.17) is 6.42 Å². The maximum Gasteiger partial charge on any atom is 0.158 e. The molecule has 0 aromatic heterocycles. The SMILES string of the molecule is C#CCCCCCC#C/C(C=O)=C\c1ccccc1. The lowest BCUT2D eigenvalue weighted by Crippen LogP contribution is -1.81. The predicted molar refractivity (Wildman–Crippen MR) is 80.2 cm³/mol. The highest BCUT2D eigenvalue weighted by molar-refractivity contribution is 5.87. The first kappa shape index (κ1) is 14.8. The molecule has 0 N–H and O–H groups in total. The van der Waals surface area contributed by atoms with Crippen LogP contribution in [0.1, 0.15) is 37.7 Å². The molecule has 0 amide bonds. The molecule has 1 rings (SSSR count). The molecule has 0 saturated heterocycles. The van der Waals surface area contributed by atoms with Crippen molar-refractivity contribution in [2.75, 3.05) is 0 Å². The first-order valence-electron chi connectivity index (χ1n) is 6.51. The van der Waals surface area contributed by atoms with E-state index in [1.165, 1.54) is 0 Å². The van der Waals surface area contributed by atoms with E-state index in [1.807, 2.05) is 30.3 Å². The molecule has 1 aromatic rings. The third-order valence-corrected chi connectivity index (χ3v) is 2.60. The van der Waals surface area contributed by atoms with Gasteiger partial charge in [0.05, 0.1) is 5.57 Å². The minimum Gasteiger partial charge on any atom is -0.297 e. The molecule has 0 spiro atoms. The van der Waals surface area contributed by atoms with Crippen LogP contribution in [-0.2, 0) is 4.79 Å². The molecule has 1 heteroatoms. The van der Waals surface area contributed by atoms with Crippen LogP contribution in [0, 0.1) is 24.2 Å². The van der Waals surface area contributed by atoms with Gasteiger partial charge in [0.1, 0.15) is 0 Å². The van der Waals surface area contributed by atoms with E-state index < -0.39 is 0 Å². The van der Waals surface area contributed by atoms with Crippen LogP contribution in [0.2, 0.25) is 0 Å². The van der Waals surface area contributed by atoms with Crippen LogP contribution in [0.3, 0.4) is 0 Å². The number of terminal acetylenes is 1. The Morgan fingerprint density at radius 2 is 1.84 bits per heavy atom. The topological polar surface area (TPSA) is 17.1 Å². The van der Waals surface area contributed by atoms with Crippen molar-refractivity contribution in [2.45, 2.75) is 32.1 Å². The van der Waals surface area contributed by atoms with Gasteiger partial charge < -0.3 is 0 Å². The smallest absolute Gasteiger partial charge is 0.158 e.